The fraction of sp³-hybridized carbons (Fsp3) is 0.176. The Hall–Kier alpha value is -2.58. The third kappa shape index (κ3) is 5.20. The number of aromatic nitrogens is 3. The topological polar surface area (TPSA) is 77.0 Å². The third-order valence-corrected chi connectivity index (χ3v) is 4.69. The van der Waals surface area contributed by atoms with Gasteiger partial charge in [-0.2, -0.15) is 0 Å². The first-order valence-electron chi connectivity index (χ1n) is 7.51. The molecule has 8 heteroatoms. The number of ether oxygens (including phenoxy) is 1. The van der Waals surface area contributed by atoms with Gasteiger partial charge in [-0.15, -0.1) is 21.5 Å². The van der Waals surface area contributed by atoms with Gasteiger partial charge in [0.05, 0.1) is 10.7 Å². The van der Waals surface area contributed by atoms with Crippen LogP contribution in [0.3, 0.4) is 0 Å². The van der Waals surface area contributed by atoms with Gasteiger partial charge in [0.1, 0.15) is 17.4 Å². The van der Waals surface area contributed by atoms with Crippen LogP contribution in [0.2, 0.25) is 0 Å². The SMILES string of the molecule is Cc1nc(COc2ccc(/C=C/C(=O)Nc3nnc(C)s3)cc2)cs1. The maximum Gasteiger partial charge on any atom is 0.250 e. The largest absolute Gasteiger partial charge is 0.487 e. The zero-order valence-corrected chi connectivity index (χ0v) is 15.4. The predicted octanol–water partition coefficient (Wildman–Crippen LogP) is 3.84. The van der Waals surface area contributed by atoms with Crippen molar-refractivity contribution < 1.29 is 9.53 Å². The summed E-state index contributed by atoms with van der Waals surface area (Å²) in [6.45, 7) is 4.25. The van der Waals surface area contributed by atoms with Crippen LogP contribution in [0.15, 0.2) is 35.7 Å². The number of anilines is 1. The average Bonchev–Trinajstić information content (AvgIpc) is 3.20. The molecule has 0 atom stereocenters. The molecule has 6 nitrogen and oxygen atoms in total. The van der Waals surface area contributed by atoms with Gasteiger partial charge in [0.25, 0.3) is 0 Å². The number of carbonyl (C=O) groups excluding carboxylic acids is 1. The summed E-state index contributed by atoms with van der Waals surface area (Å²) in [4.78, 5) is 16.2. The number of nitrogens with one attached hydrogen (secondary N) is 1. The lowest BCUT2D eigenvalue weighted by Crippen LogP contribution is -2.07. The van der Waals surface area contributed by atoms with E-state index in [9.17, 15) is 4.79 Å². The van der Waals surface area contributed by atoms with Gasteiger partial charge in [-0.3, -0.25) is 10.1 Å². The number of aryl methyl sites for hydroxylation is 2. The minimum Gasteiger partial charge on any atom is -0.487 e. The molecular formula is C17H16N4O2S2. The molecule has 3 rings (SSSR count). The number of thiazole rings is 1. The van der Waals surface area contributed by atoms with Gasteiger partial charge >= 0.3 is 0 Å². The van der Waals surface area contributed by atoms with Crippen molar-refractivity contribution in [2.24, 2.45) is 0 Å². The van der Waals surface area contributed by atoms with Gasteiger partial charge in [0, 0.05) is 11.5 Å². The van der Waals surface area contributed by atoms with Gasteiger partial charge < -0.3 is 4.74 Å². The zero-order valence-electron chi connectivity index (χ0n) is 13.7. The van der Waals surface area contributed by atoms with E-state index in [4.69, 9.17) is 4.74 Å². The second kappa shape index (κ2) is 8.00. The number of benzene rings is 1. The van der Waals surface area contributed by atoms with Crippen LogP contribution in [0.25, 0.3) is 6.08 Å². The van der Waals surface area contributed by atoms with Crippen molar-refractivity contribution in [2.45, 2.75) is 20.5 Å². The first kappa shape index (κ1) is 17.2. The monoisotopic (exact) mass is 372 g/mol. The van der Waals surface area contributed by atoms with E-state index < -0.39 is 0 Å². The summed E-state index contributed by atoms with van der Waals surface area (Å²) >= 11 is 2.94. The zero-order chi connectivity index (χ0) is 17.6. The van der Waals surface area contributed by atoms with Gasteiger partial charge in [-0.1, -0.05) is 23.5 Å². The van der Waals surface area contributed by atoms with E-state index >= 15 is 0 Å². The first-order chi connectivity index (χ1) is 12.1. The van der Waals surface area contributed by atoms with E-state index in [2.05, 4.69) is 20.5 Å². The van der Waals surface area contributed by atoms with Gasteiger partial charge in [-0.25, -0.2) is 4.98 Å². The first-order valence-corrected chi connectivity index (χ1v) is 9.21. The highest BCUT2D eigenvalue weighted by atomic mass is 32.1. The van der Waals surface area contributed by atoms with E-state index in [-0.39, 0.29) is 5.91 Å². The van der Waals surface area contributed by atoms with Crippen LogP contribution in [-0.4, -0.2) is 21.1 Å². The summed E-state index contributed by atoms with van der Waals surface area (Å²) in [5, 5.41) is 14.7. The number of amides is 1. The molecule has 2 heterocycles. The minimum atomic E-state index is -0.240. The molecule has 0 fully saturated rings. The molecule has 25 heavy (non-hydrogen) atoms. The Morgan fingerprint density at radius 3 is 2.64 bits per heavy atom. The molecule has 0 aliphatic carbocycles. The van der Waals surface area contributed by atoms with Crippen LogP contribution < -0.4 is 10.1 Å². The highest BCUT2D eigenvalue weighted by molar-refractivity contribution is 7.15. The Morgan fingerprint density at radius 1 is 1.20 bits per heavy atom. The lowest BCUT2D eigenvalue weighted by Gasteiger charge is -2.04. The second-order valence-corrected chi connectivity index (χ2v) is 7.41. The van der Waals surface area contributed by atoms with Gasteiger partial charge in [-0.05, 0) is 37.6 Å². The Labute approximate surface area is 153 Å². The number of rotatable bonds is 6. The van der Waals surface area contributed by atoms with Crippen molar-refractivity contribution >= 4 is 39.8 Å². The fourth-order valence-electron chi connectivity index (χ4n) is 1.97. The summed E-state index contributed by atoms with van der Waals surface area (Å²) in [5.74, 6) is 0.520. The van der Waals surface area contributed by atoms with E-state index in [1.54, 1.807) is 17.4 Å². The molecule has 3 aromatic rings. The van der Waals surface area contributed by atoms with Crippen LogP contribution in [0, 0.1) is 13.8 Å². The van der Waals surface area contributed by atoms with Crippen molar-refractivity contribution in [3.63, 3.8) is 0 Å². The summed E-state index contributed by atoms with van der Waals surface area (Å²) < 4.78 is 5.69. The number of hydrogen-bond acceptors (Lipinski definition) is 7. The van der Waals surface area contributed by atoms with Crippen molar-refractivity contribution in [1.29, 1.82) is 0 Å². The van der Waals surface area contributed by atoms with E-state index in [0.29, 0.717) is 11.7 Å². The molecule has 0 spiro atoms. The minimum absolute atomic E-state index is 0.240. The third-order valence-electron chi connectivity index (χ3n) is 3.12. The molecule has 1 aromatic carbocycles. The highest BCUT2D eigenvalue weighted by Crippen LogP contribution is 2.17. The van der Waals surface area contributed by atoms with Crippen molar-refractivity contribution in [1.82, 2.24) is 15.2 Å². The van der Waals surface area contributed by atoms with Crippen molar-refractivity contribution in [3.05, 3.63) is 57.0 Å². The lowest BCUT2D eigenvalue weighted by molar-refractivity contribution is -0.111. The van der Waals surface area contributed by atoms with Crippen molar-refractivity contribution in [2.75, 3.05) is 5.32 Å². The molecule has 0 saturated carbocycles. The number of nitrogens with zero attached hydrogens (tertiary/aromatic N) is 3. The van der Waals surface area contributed by atoms with Crippen LogP contribution in [0.5, 0.6) is 5.75 Å². The molecule has 0 radical (unpaired) electrons. The molecule has 1 N–H and O–H groups in total. The molecule has 0 aliphatic rings. The lowest BCUT2D eigenvalue weighted by atomic mass is 10.2. The van der Waals surface area contributed by atoms with Crippen LogP contribution >= 0.6 is 22.7 Å². The molecular weight excluding hydrogens is 356 g/mol. The molecule has 0 saturated heterocycles. The molecule has 0 aliphatic heterocycles. The van der Waals surface area contributed by atoms with Crippen LogP contribution in [-0.2, 0) is 11.4 Å². The molecule has 0 bridgehead atoms. The van der Waals surface area contributed by atoms with Gasteiger partial charge in [0.15, 0.2) is 0 Å². The highest BCUT2D eigenvalue weighted by Gasteiger charge is 2.03. The Bertz CT molecular complexity index is 884. The van der Waals surface area contributed by atoms with E-state index in [1.807, 2.05) is 43.5 Å². The quantitative estimate of drug-likeness (QED) is 0.665. The van der Waals surface area contributed by atoms with Gasteiger partial charge in [0.2, 0.25) is 11.0 Å². The Balaban J connectivity index is 1.52. The Kier molecular flexibility index (Phi) is 5.52. The molecule has 1 amide bonds. The predicted molar refractivity (Wildman–Crippen MR) is 99.9 cm³/mol. The number of hydrogen-bond donors (Lipinski definition) is 1. The summed E-state index contributed by atoms with van der Waals surface area (Å²) in [7, 11) is 0. The van der Waals surface area contributed by atoms with Crippen LogP contribution in [0.4, 0.5) is 5.13 Å². The Morgan fingerprint density at radius 2 is 2.00 bits per heavy atom. The maximum absolute atomic E-state index is 11.8. The number of carbonyl (C=O) groups is 1. The van der Waals surface area contributed by atoms with Crippen molar-refractivity contribution in [3.8, 4) is 5.75 Å². The summed E-state index contributed by atoms with van der Waals surface area (Å²) in [6.07, 6.45) is 3.20. The summed E-state index contributed by atoms with van der Waals surface area (Å²) in [6, 6.07) is 7.51. The molecule has 2 aromatic heterocycles. The average molecular weight is 372 g/mol. The van der Waals surface area contributed by atoms with E-state index in [1.165, 1.54) is 17.4 Å². The maximum atomic E-state index is 11.8. The normalized spacial score (nSPS) is 11.0. The fourth-order valence-corrected chi connectivity index (χ4v) is 3.17. The summed E-state index contributed by atoms with van der Waals surface area (Å²) in [5.41, 5.74) is 1.83. The van der Waals surface area contributed by atoms with E-state index in [0.717, 1.165) is 27.0 Å². The second-order valence-electron chi connectivity index (χ2n) is 5.16. The standard InChI is InChI=1S/C17H16N4O2S2/c1-11-18-14(10-24-11)9-23-15-6-3-13(4-7-15)5-8-16(22)19-17-21-20-12(2)25-17/h3-8,10H,9H2,1-2H3,(H,19,21,22)/b8-5+. The smallest absolute Gasteiger partial charge is 0.250 e. The molecule has 128 valence electrons. The molecule has 0 unspecified atom stereocenters. The van der Waals surface area contributed by atoms with Crippen LogP contribution in [0.1, 0.15) is 21.3 Å².